The molecule has 3 rings (SSSR count). The third-order valence-electron chi connectivity index (χ3n) is 3.23. The van der Waals surface area contributed by atoms with Gasteiger partial charge in [-0.15, -0.1) is 0 Å². The van der Waals surface area contributed by atoms with Crippen LogP contribution in [0.5, 0.6) is 0 Å². The van der Waals surface area contributed by atoms with Gasteiger partial charge in [0.1, 0.15) is 5.52 Å². The summed E-state index contributed by atoms with van der Waals surface area (Å²) in [5.41, 5.74) is 11.5. The SMILES string of the molecule is Cc1ccc2nc(-c3ccc(N)cc3)oc2c1C. The maximum Gasteiger partial charge on any atom is 0.227 e. The lowest BCUT2D eigenvalue weighted by molar-refractivity contribution is 0.617. The first-order valence-electron chi connectivity index (χ1n) is 5.88. The van der Waals surface area contributed by atoms with Gasteiger partial charge >= 0.3 is 0 Å². The predicted molar refractivity (Wildman–Crippen MR) is 73.3 cm³/mol. The second-order valence-corrected chi connectivity index (χ2v) is 4.50. The van der Waals surface area contributed by atoms with Gasteiger partial charge in [0.2, 0.25) is 5.89 Å². The van der Waals surface area contributed by atoms with E-state index in [-0.39, 0.29) is 0 Å². The molecule has 2 N–H and O–H groups in total. The number of aromatic nitrogens is 1. The number of aryl methyl sites for hydroxylation is 2. The Morgan fingerprint density at radius 2 is 1.72 bits per heavy atom. The summed E-state index contributed by atoms with van der Waals surface area (Å²) >= 11 is 0. The molecule has 0 atom stereocenters. The molecule has 1 heterocycles. The Labute approximate surface area is 105 Å². The lowest BCUT2D eigenvalue weighted by Crippen LogP contribution is -1.83. The molecule has 18 heavy (non-hydrogen) atoms. The monoisotopic (exact) mass is 238 g/mol. The van der Waals surface area contributed by atoms with Crippen LogP contribution < -0.4 is 5.73 Å². The highest BCUT2D eigenvalue weighted by Gasteiger charge is 2.10. The van der Waals surface area contributed by atoms with Gasteiger partial charge in [0.25, 0.3) is 0 Å². The molecule has 90 valence electrons. The smallest absolute Gasteiger partial charge is 0.227 e. The number of benzene rings is 2. The van der Waals surface area contributed by atoms with Crippen molar-refractivity contribution in [3.63, 3.8) is 0 Å². The van der Waals surface area contributed by atoms with E-state index in [2.05, 4.69) is 24.9 Å². The molecular formula is C15H14N2O. The van der Waals surface area contributed by atoms with Gasteiger partial charge in [-0.3, -0.25) is 0 Å². The summed E-state index contributed by atoms with van der Waals surface area (Å²) in [6.45, 7) is 4.12. The highest BCUT2D eigenvalue weighted by Crippen LogP contribution is 2.28. The summed E-state index contributed by atoms with van der Waals surface area (Å²) in [5.74, 6) is 0.638. The van der Waals surface area contributed by atoms with E-state index in [1.807, 2.05) is 30.3 Å². The summed E-state index contributed by atoms with van der Waals surface area (Å²) in [6, 6.07) is 11.6. The lowest BCUT2D eigenvalue weighted by Gasteiger charge is -1.97. The van der Waals surface area contributed by atoms with Gasteiger partial charge in [0.05, 0.1) is 0 Å². The summed E-state index contributed by atoms with van der Waals surface area (Å²) < 4.78 is 5.85. The van der Waals surface area contributed by atoms with Crippen LogP contribution in [0.25, 0.3) is 22.6 Å². The number of fused-ring (bicyclic) bond motifs is 1. The first-order chi connectivity index (χ1) is 8.65. The van der Waals surface area contributed by atoms with Crippen LogP contribution in [0.1, 0.15) is 11.1 Å². The number of hydrogen-bond donors (Lipinski definition) is 1. The molecule has 0 aliphatic heterocycles. The van der Waals surface area contributed by atoms with Gasteiger partial charge in [0, 0.05) is 11.3 Å². The second kappa shape index (κ2) is 3.88. The second-order valence-electron chi connectivity index (χ2n) is 4.50. The minimum atomic E-state index is 0.638. The van der Waals surface area contributed by atoms with Crippen LogP contribution in [-0.4, -0.2) is 4.98 Å². The fourth-order valence-corrected chi connectivity index (χ4v) is 1.97. The molecule has 0 bridgehead atoms. The number of anilines is 1. The highest BCUT2D eigenvalue weighted by molar-refractivity contribution is 5.80. The highest BCUT2D eigenvalue weighted by atomic mass is 16.3. The Balaban J connectivity index is 2.19. The van der Waals surface area contributed by atoms with Crippen LogP contribution in [0.4, 0.5) is 5.69 Å². The van der Waals surface area contributed by atoms with Crippen molar-refractivity contribution in [2.24, 2.45) is 0 Å². The van der Waals surface area contributed by atoms with E-state index in [0.717, 1.165) is 27.9 Å². The van der Waals surface area contributed by atoms with E-state index < -0.39 is 0 Å². The summed E-state index contributed by atoms with van der Waals surface area (Å²) in [7, 11) is 0. The molecule has 3 aromatic rings. The van der Waals surface area contributed by atoms with Crippen molar-refractivity contribution >= 4 is 16.8 Å². The number of nitrogens with zero attached hydrogens (tertiary/aromatic N) is 1. The van der Waals surface area contributed by atoms with Gasteiger partial charge in [0.15, 0.2) is 5.58 Å². The molecule has 0 amide bonds. The number of nitrogen functional groups attached to an aromatic ring is 1. The summed E-state index contributed by atoms with van der Waals surface area (Å²) in [6.07, 6.45) is 0. The zero-order chi connectivity index (χ0) is 12.7. The van der Waals surface area contributed by atoms with Gasteiger partial charge < -0.3 is 10.2 Å². The van der Waals surface area contributed by atoms with E-state index in [0.29, 0.717) is 5.89 Å². The summed E-state index contributed by atoms with van der Waals surface area (Å²) in [4.78, 5) is 4.51. The van der Waals surface area contributed by atoms with Crippen molar-refractivity contribution in [1.82, 2.24) is 4.98 Å². The van der Waals surface area contributed by atoms with Crippen LogP contribution in [0, 0.1) is 13.8 Å². The summed E-state index contributed by atoms with van der Waals surface area (Å²) in [5, 5.41) is 0. The molecule has 2 aromatic carbocycles. The minimum Gasteiger partial charge on any atom is -0.436 e. The molecule has 3 heteroatoms. The average Bonchev–Trinajstić information content (AvgIpc) is 2.80. The fourth-order valence-electron chi connectivity index (χ4n) is 1.97. The zero-order valence-corrected chi connectivity index (χ0v) is 10.4. The number of rotatable bonds is 1. The normalized spacial score (nSPS) is 11.0. The first-order valence-corrected chi connectivity index (χ1v) is 5.88. The first kappa shape index (κ1) is 10.8. The molecule has 0 fully saturated rings. The maximum absolute atomic E-state index is 5.85. The topological polar surface area (TPSA) is 52.0 Å². The van der Waals surface area contributed by atoms with Crippen molar-refractivity contribution in [2.45, 2.75) is 13.8 Å². The van der Waals surface area contributed by atoms with E-state index in [9.17, 15) is 0 Å². The molecule has 3 nitrogen and oxygen atoms in total. The Morgan fingerprint density at radius 1 is 1.00 bits per heavy atom. The fraction of sp³-hybridized carbons (Fsp3) is 0.133. The molecule has 1 aromatic heterocycles. The van der Waals surface area contributed by atoms with Crippen molar-refractivity contribution in [2.75, 3.05) is 5.73 Å². The van der Waals surface area contributed by atoms with E-state index in [1.165, 1.54) is 5.56 Å². The standard InChI is InChI=1S/C15H14N2O/c1-9-3-8-13-14(10(9)2)18-15(17-13)11-4-6-12(16)7-5-11/h3-8H,16H2,1-2H3. The van der Waals surface area contributed by atoms with E-state index >= 15 is 0 Å². The average molecular weight is 238 g/mol. The largest absolute Gasteiger partial charge is 0.436 e. The Morgan fingerprint density at radius 3 is 2.44 bits per heavy atom. The van der Waals surface area contributed by atoms with Gasteiger partial charge in [-0.25, -0.2) is 4.98 Å². The Bertz CT molecular complexity index is 711. The molecule has 0 spiro atoms. The number of hydrogen-bond acceptors (Lipinski definition) is 3. The molecule has 0 radical (unpaired) electrons. The number of nitrogens with two attached hydrogens (primary N) is 1. The molecule has 0 aliphatic carbocycles. The molecule has 0 aliphatic rings. The van der Waals surface area contributed by atoms with Gasteiger partial charge in [-0.1, -0.05) is 6.07 Å². The van der Waals surface area contributed by atoms with Gasteiger partial charge in [-0.2, -0.15) is 0 Å². The van der Waals surface area contributed by atoms with E-state index in [1.54, 1.807) is 0 Å². The van der Waals surface area contributed by atoms with Crippen LogP contribution in [0.3, 0.4) is 0 Å². The molecule has 0 saturated carbocycles. The third kappa shape index (κ3) is 1.64. The van der Waals surface area contributed by atoms with Crippen molar-refractivity contribution < 1.29 is 4.42 Å². The van der Waals surface area contributed by atoms with Crippen LogP contribution in [-0.2, 0) is 0 Å². The van der Waals surface area contributed by atoms with Crippen molar-refractivity contribution in [3.8, 4) is 11.5 Å². The van der Waals surface area contributed by atoms with Gasteiger partial charge in [-0.05, 0) is 55.3 Å². The van der Waals surface area contributed by atoms with Crippen molar-refractivity contribution in [3.05, 3.63) is 47.5 Å². The molecular weight excluding hydrogens is 224 g/mol. The molecule has 0 saturated heterocycles. The molecule has 0 unspecified atom stereocenters. The maximum atomic E-state index is 5.85. The van der Waals surface area contributed by atoms with E-state index in [4.69, 9.17) is 10.2 Å². The lowest BCUT2D eigenvalue weighted by atomic mass is 10.1. The van der Waals surface area contributed by atoms with Crippen LogP contribution >= 0.6 is 0 Å². The van der Waals surface area contributed by atoms with Crippen molar-refractivity contribution in [1.29, 1.82) is 0 Å². The minimum absolute atomic E-state index is 0.638. The third-order valence-corrected chi connectivity index (χ3v) is 3.23. The Hall–Kier alpha value is -2.29. The zero-order valence-electron chi connectivity index (χ0n) is 10.4. The van der Waals surface area contributed by atoms with Crippen LogP contribution in [0.2, 0.25) is 0 Å². The predicted octanol–water partition coefficient (Wildman–Crippen LogP) is 3.69. The number of oxazole rings is 1. The quantitative estimate of drug-likeness (QED) is 0.658. The Kier molecular flexibility index (Phi) is 2.33. The van der Waals surface area contributed by atoms with Crippen LogP contribution in [0.15, 0.2) is 40.8 Å².